The van der Waals surface area contributed by atoms with Crippen LogP contribution in [0.4, 0.5) is 20.2 Å². The molecule has 5 rings (SSSR count). The van der Waals surface area contributed by atoms with Gasteiger partial charge in [-0.05, 0) is 113 Å². The van der Waals surface area contributed by atoms with Crippen molar-refractivity contribution >= 4 is 54.2 Å². The number of likely N-dealkylation sites (tertiary alicyclic amines) is 1. The Morgan fingerprint density at radius 3 is 1.71 bits per heavy atom. The van der Waals surface area contributed by atoms with Crippen LogP contribution in [0.1, 0.15) is 93.2 Å². The van der Waals surface area contributed by atoms with Crippen LogP contribution >= 0.6 is 7.60 Å². The minimum absolute atomic E-state index is 0.291. The first-order chi connectivity index (χ1) is 31.7. The van der Waals surface area contributed by atoms with Crippen molar-refractivity contribution in [2.45, 2.75) is 99.8 Å². The van der Waals surface area contributed by atoms with Crippen molar-refractivity contribution < 1.29 is 55.8 Å². The third-order valence-corrected chi connectivity index (χ3v) is 13.0. The molecular weight excluding hydrogens is 896 g/mol. The molecule has 0 spiro atoms. The molecule has 2 atom stereocenters. The van der Waals surface area contributed by atoms with Gasteiger partial charge < -0.3 is 19.7 Å². The Bertz CT molecular complexity index is 2460. The molecule has 13 nitrogen and oxygen atoms in total. The number of carbonyl (C=O) groups excluding carboxylic acids is 5. The normalized spacial score (nSPS) is 15.3. The lowest BCUT2D eigenvalue weighted by Crippen LogP contribution is -2.57. The number of para-hydroxylation sites is 1. The molecule has 0 bridgehead atoms. The zero-order valence-corrected chi connectivity index (χ0v) is 41.2. The first-order valence-electron chi connectivity index (χ1n) is 22.3. The van der Waals surface area contributed by atoms with Crippen LogP contribution in [0, 0.1) is 16.2 Å². The van der Waals surface area contributed by atoms with E-state index in [9.17, 15) is 28.5 Å². The Kier molecular flexibility index (Phi) is 16.8. The number of anilines is 2. The molecule has 1 heterocycles. The highest BCUT2D eigenvalue weighted by molar-refractivity contribution is 7.54. The smallest absolute Gasteiger partial charge is 0.410 e. The fourth-order valence-corrected chi connectivity index (χ4v) is 8.40. The topological polar surface area (TPSA) is 158 Å². The maximum Gasteiger partial charge on any atom is 0.410 e. The Hall–Kier alpha value is -6.02. The standard InChI is InChI=1S/C52H62F2N3O10P/c1-35(36-23-27-39(28-24-36)52(53,54)68(63,66-33-64-47(61)50(5,6)7)67-34-65-48(62)51(8,9)10)32-43(58)55-44(49(2,3)4)46(60)56-31-17-22-42(56)45(59)57(40-20-15-12-16-21-40)41-29-25-38(26-30-41)37-18-13-11-14-19-37/h11-16,18-21,23-30,32,42,44H,17,22,31,33-34H2,1-10H3,(H,55,58)/b35-32+/t42-,44+/m0/s1. The van der Waals surface area contributed by atoms with Gasteiger partial charge >= 0.3 is 25.2 Å². The molecule has 1 saturated heterocycles. The summed E-state index contributed by atoms with van der Waals surface area (Å²) in [5, 5.41) is 2.84. The van der Waals surface area contributed by atoms with Gasteiger partial charge in [-0.3, -0.25) is 42.5 Å². The second-order valence-corrected chi connectivity index (χ2v) is 21.8. The van der Waals surface area contributed by atoms with Crippen LogP contribution in [0.2, 0.25) is 0 Å². The molecule has 4 aromatic carbocycles. The third kappa shape index (κ3) is 12.9. The van der Waals surface area contributed by atoms with Crippen molar-refractivity contribution in [1.29, 1.82) is 0 Å². The number of halogens is 2. The second kappa shape index (κ2) is 21.5. The molecule has 1 N–H and O–H groups in total. The van der Waals surface area contributed by atoms with Gasteiger partial charge in [0.25, 0.3) is 5.91 Å². The van der Waals surface area contributed by atoms with Gasteiger partial charge in [0.1, 0.15) is 12.1 Å². The SMILES string of the molecule is C/C(=C\C(=O)N[C@H](C(=O)N1CCC[C@H]1C(=O)N(c1ccccc1)c1ccc(-c2ccccc2)cc1)C(C)(C)C)c1ccc(C(F)(F)P(=O)(OCOC(=O)C(C)(C)C)OCOC(=O)C(C)(C)C)cc1. The van der Waals surface area contributed by atoms with E-state index in [4.69, 9.17) is 18.5 Å². The second-order valence-electron chi connectivity index (χ2n) is 19.7. The van der Waals surface area contributed by atoms with Gasteiger partial charge in [0.2, 0.25) is 25.4 Å². The highest BCUT2D eigenvalue weighted by Crippen LogP contribution is 2.67. The summed E-state index contributed by atoms with van der Waals surface area (Å²) in [6, 6.07) is 29.3. The first-order valence-corrected chi connectivity index (χ1v) is 23.8. The van der Waals surface area contributed by atoms with Gasteiger partial charge in [0.05, 0.1) is 10.8 Å². The zero-order chi connectivity index (χ0) is 50.2. The van der Waals surface area contributed by atoms with Gasteiger partial charge in [-0.15, -0.1) is 0 Å². The van der Waals surface area contributed by atoms with Crippen molar-refractivity contribution in [2.75, 3.05) is 25.0 Å². The van der Waals surface area contributed by atoms with E-state index in [0.29, 0.717) is 41.9 Å². The number of hydrogen-bond donors (Lipinski definition) is 1. The van der Waals surface area contributed by atoms with Crippen LogP contribution in [0.25, 0.3) is 16.7 Å². The number of hydrogen-bond acceptors (Lipinski definition) is 10. The Morgan fingerprint density at radius 2 is 1.21 bits per heavy atom. The summed E-state index contributed by atoms with van der Waals surface area (Å²) in [6.07, 6.45) is 2.21. The summed E-state index contributed by atoms with van der Waals surface area (Å²) in [6.45, 7) is 14.1. The van der Waals surface area contributed by atoms with E-state index >= 15 is 8.78 Å². The number of allylic oxidation sites excluding steroid dienone is 1. The van der Waals surface area contributed by atoms with Crippen LogP contribution in [0.3, 0.4) is 0 Å². The Morgan fingerprint density at radius 1 is 0.721 bits per heavy atom. The maximum absolute atomic E-state index is 16.2. The molecule has 0 unspecified atom stereocenters. The van der Waals surface area contributed by atoms with Crippen molar-refractivity contribution in [2.24, 2.45) is 16.2 Å². The van der Waals surface area contributed by atoms with Gasteiger partial charge in [-0.25, -0.2) is 0 Å². The third-order valence-electron chi connectivity index (χ3n) is 11.1. The Balaban J connectivity index is 1.33. The van der Waals surface area contributed by atoms with Crippen LogP contribution in [-0.4, -0.2) is 66.8 Å². The molecule has 1 aliphatic heterocycles. The summed E-state index contributed by atoms with van der Waals surface area (Å²) < 4.78 is 65.9. The number of amides is 3. The van der Waals surface area contributed by atoms with E-state index in [-0.39, 0.29) is 5.91 Å². The van der Waals surface area contributed by atoms with Crippen LogP contribution in [-0.2, 0) is 52.7 Å². The Labute approximate surface area is 397 Å². The fraction of sp³-hybridized carbons (Fsp3) is 0.404. The molecule has 1 aliphatic rings. The van der Waals surface area contributed by atoms with Crippen molar-refractivity contribution in [3.63, 3.8) is 0 Å². The number of nitrogens with zero attached hydrogens (tertiary/aromatic N) is 2. The minimum Gasteiger partial charge on any atom is -0.438 e. The molecule has 364 valence electrons. The zero-order valence-electron chi connectivity index (χ0n) is 40.3. The molecule has 1 fully saturated rings. The summed E-state index contributed by atoms with van der Waals surface area (Å²) in [5.41, 5.74) is -4.07. The molecular formula is C52H62F2N3O10P. The summed E-state index contributed by atoms with van der Waals surface area (Å²) >= 11 is 0. The number of carbonyl (C=O) groups is 5. The summed E-state index contributed by atoms with van der Waals surface area (Å²) in [4.78, 5) is 70.7. The number of nitrogens with one attached hydrogen (secondary N) is 1. The predicted molar refractivity (Wildman–Crippen MR) is 256 cm³/mol. The molecule has 3 amide bonds. The predicted octanol–water partition coefficient (Wildman–Crippen LogP) is 11.0. The number of rotatable bonds is 16. The highest BCUT2D eigenvalue weighted by atomic mass is 31.2. The van der Waals surface area contributed by atoms with E-state index in [0.717, 1.165) is 23.3 Å². The van der Waals surface area contributed by atoms with Crippen LogP contribution < -0.4 is 10.2 Å². The highest BCUT2D eigenvalue weighted by Gasteiger charge is 2.56. The lowest BCUT2D eigenvalue weighted by atomic mass is 9.85. The summed E-state index contributed by atoms with van der Waals surface area (Å²) in [5.74, 6) is -2.99. The first kappa shape index (κ1) is 52.9. The van der Waals surface area contributed by atoms with Gasteiger partial charge in [0, 0.05) is 29.6 Å². The number of benzene rings is 4. The van der Waals surface area contributed by atoms with Crippen LogP contribution in [0.15, 0.2) is 115 Å². The van der Waals surface area contributed by atoms with Gasteiger partial charge in [-0.2, -0.15) is 8.78 Å². The maximum atomic E-state index is 16.2. The average molecular weight is 958 g/mol. The largest absolute Gasteiger partial charge is 0.438 e. The summed E-state index contributed by atoms with van der Waals surface area (Å²) in [7, 11) is -5.56. The van der Waals surface area contributed by atoms with Gasteiger partial charge in [-0.1, -0.05) is 106 Å². The molecule has 68 heavy (non-hydrogen) atoms. The van der Waals surface area contributed by atoms with E-state index in [1.807, 2.05) is 84.9 Å². The van der Waals surface area contributed by atoms with Crippen molar-refractivity contribution in [3.05, 3.63) is 126 Å². The molecule has 16 heteroatoms. The van der Waals surface area contributed by atoms with Crippen molar-refractivity contribution in [1.82, 2.24) is 10.2 Å². The van der Waals surface area contributed by atoms with Crippen molar-refractivity contribution in [3.8, 4) is 11.1 Å². The average Bonchev–Trinajstić information content (AvgIpc) is 3.78. The molecule has 0 saturated carbocycles. The monoisotopic (exact) mass is 957 g/mol. The fourth-order valence-electron chi connectivity index (χ4n) is 7.15. The number of alkyl halides is 2. The van der Waals surface area contributed by atoms with E-state index < -0.39 is 84.5 Å². The van der Waals surface area contributed by atoms with Gasteiger partial charge in [0.15, 0.2) is 0 Å². The molecule has 0 radical (unpaired) electrons. The molecule has 0 aliphatic carbocycles. The molecule has 0 aromatic heterocycles. The quantitative estimate of drug-likeness (QED) is 0.0496. The van der Waals surface area contributed by atoms with E-state index in [2.05, 4.69) is 5.32 Å². The number of esters is 2. The number of ether oxygens (including phenoxy) is 2. The lowest BCUT2D eigenvalue weighted by Gasteiger charge is -2.36. The molecule has 4 aromatic rings. The van der Waals surface area contributed by atoms with E-state index in [1.54, 1.807) is 32.6 Å². The minimum atomic E-state index is -5.56. The van der Waals surface area contributed by atoms with Crippen LogP contribution in [0.5, 0.6) is 0 Å². The lowest BCUT2D eigenvalue weighted by molar-refractivity contribution is -0.163. The van der Waals surface area contributed by atoms with E-state index in [1.165, 1.54) is 64.7 Å².